The summed E-state index contributed by atoms with van der Waals surface area (Å²) < 4.78 is 0. The van der Waals surface area contributed by atoms with Crippen molar-refractivity contribution in [1.29, 1.82) is 0 Å². The minimum Gasteiger partial charge on any atom is -0.508 e. The predicted molar refractivity (Wildman–Crippen MR) is 105 cm³/mol. The molecule has 0 aliphatic carbocycles. The summed E-state index contributed by atoms with van der Waals surface area (Å²) in [4.78, 5) is 12.3. The molecule has 4 nitrogen and oxygen atoms in total. The van der Waals surface area contributed by atoms with E-state index >= 15 is 0 Å². The quantitative estimate of drug-likeness (QED) is 0.619. The number of phenols is 1. The number of fused-ring (bicyclic) bond motifs is 1. The van der Waals surface area contributed by atoms with E-state index in [0.29, 0.717) is 5.56 Å². The van der Waals surface area contributed by atoms with Crippen molar-refractivity contribution in [2.45, 2.75) is 13.3 Å². The van der Waals surface area contributed by atoms with Gasteiger partial charge in [-0.3, -0.25) is 10.1 Å². The maximum Gasteiger partial charge on any atom is 0.257 e. The Bertz CT molecular complexity index is 936. The van der Waals surface area contributed by atoms with Crippen molar-refractivity contribution in [3.8, 4) is 5.75 Å². The molecule has 0 bridgehead atoms. The standard InChI is InChI=1S/C20H18N2O2S/c1-2-13-6-8-14(9-7-13)19(24)22-20(25)21-18-5-3-4-15-12-16(23)10-11-17(15)18/h3-12,23H,2H2,1H3,(H2,21,22,24,25). The van der Waals surface area contributed by atoms with E-state index in [1.807, 2.05) is 30.3 Å². The average molecular weight is 350 g/mol. The molecule has 0 atom stereocenters. The largest absolute Gasteiger partial charge is 0.508 e. The lowest BCUT2D eigenvalue weighted by Crippen LogP contribution is -2.34. The molecule has 3 N–H and O–H groups in total. The van der Waals surface area contributed by atoms with Gasteiger partial charge in [0.05, 0.1) is 0 Å². The third kappa shape index (κ3) is 3.95. The molecule has 0 radical (unpaired) electrons. The first kappa shape index (κ1) is 16.9. The summed E-state index contributed by atoms with van der Waals surface area (Å²) in [7, 11) is 0. The van der Waals surface area contributed by atoms with Gasteiger partial charge in [0.15, 0.2) is 5.11 Å². The van der Waals surface area contributed by atoms with E-state index in [0.717, 1.165) is 22.9 Å². The first-order chi connectivity index (χ1) is 12.1. The van der Waals surface area contributed by atoms with Crippen LogP contribution in [0.3, 0.4) is 0 Å². The van der Waals surface area contributed by atoms with Crippen LogP contribution in [0.5, 0.6) is 5.75 Å². The minimum atomic E-state index is -0.252. The number of hydrogen-bond acceptors (Lipinski definition) is 3. The van der Waals surface area contributed by atoms with Gasteiger partial charge in [0.1, 0.15) is 5.75 Å². The second-order valence-electron chi connectivity index (χ2n) is 5.67. The van der Waals surface area contributed by atoms with Crippen LogP contribution in [0.1, 0.15) is 22.8 Å². The highest BCUT2D eigenvalue weighted by Crippen LogP contribution is 2.26. The monoisotopic (exact) mass is 350 g/mol. The van der Waals surface area contributed by atoms with Crippen LogP contribution >= 0.6 is 12.2 Å². The molecule has 3 aromatic carbocycles. The molecule has 0 heterocycles. The molecule has 0 saturated heterocycles. The van der Waals surface area contributed by atoms with Crippen molar-refractivity contribution >= 4 is 39.7 Å². The number of phenolic OH excluding ortho intramolecular Hbond substituents is 1. The highest BCUT2D eigenvalue weighted by atomic mass is 32.1. The lowest BCUT2D eigenvalue weighted by atomic mass is 10.1. The SMILES string of the molecule is CCc1ccc(C(=O)NC(=S)Nc2cccc3cc(O)ccc23)cc1. The van der Waals surface area contributed by atoms with E-state index in [2.05, 4.69) is 17.6 Å². The van der Waals surface area contributed by atoms with Gasteiger partial charge >= 0.3 is 0 Å². The Balaban J connectivity index is 1.73. The highest BCUT2D eigenvalue weighted by molar-refractivity contribution is 7.80. The Labute approximate surface area is 151 Å². The molecule has 0 aromatic heterocycles. The molecule has 0 aliphatic heterocycles. The van der Waals surface area contributed by atoms with E-state index in [1.165, 1.54) is 5.56 Å². The Hall–Kier alpha value is -2.92. The smallest absolute Gasteiger partial charge is 0.257 e. The lowest BCUT2D eigenvalue weighted by molar-refractivity contribution is 0.0977. The van der Waals surface area contributed by atoms with Crippen LogP contribution in [0.25, 0.3) is 10.8 Å². The summed E-state index contributed by atoms with van der Waals surface area (Å²) in [6.07, 6.45) is 0.929. The summed E-state index contributed by atoms with van der Waals surface area (Å²) in [5, 5.41) is 17.3. The van der Waals surface area contributed by atoms with Gasteiger partial charge < -0.3 is 10.4 Å². The summed E-state index contributed by atoms with van der Waals surface area (Å²) in [5.74, 6) is -0.0471. The molecule has 0 unspecified atom stereocenters. The lowest BCUT2D eigenvalue weighted by Gasteiger charge is -2.12. The summed E-state index contributed by atoms with van der Waals surface area (Å²) in [6, 6.07) is 18.2. The van der Waals surface area contributed by atoms with Gasteiger partial charge in [-0.1, -0.05) is 31.2 Å². The normalized spacial score (nSPS) is 10.4. The number of benzene rings is 3. The summed E-state index contributed by atoms with van der Waals surface area (Å²) >= 11 is 5.26. The number of aryl methyl sites for hydroxylation is 1. The number of anilines is 1. The molecule has 0 aliphatic rings. The van der Waals surface area contributed by atoms with Gasteiger partial charge in [0.25, 0.3) is 5.91 Å². The number of carbonyl (C=O) groups is 1. The van der Waals surface area contributed by atoms with Gasteiger partial charge in [-0.05, 0) is 66.0 Å². The molecular weight excluding hydrogens is 332 g/mol. The zero-order valence-corrected chi connectivity index (χ0v) is 14.6. The van der Waals surface area contributed by atoms with E-state index in [9.17, 15) is 9.90 Å². The Morgan fingerprint density at radius 3 is 2.56 bits per heavy atom. The third-order valence-electron chi connectivity index (χ3n) is 3.96. The van der Waals surface area contributed by atoms with Gasteiger partial charge in [-0.2, -0.15) is 0 Å². The first-order valence-corrected chi connectivity index (χ1v) is 8.40. The van der Waals surface area contributed by atoms with Crippen LogP contribution in [0, 0.1) is 0 Å². The number of aromatic hydroxyl groups is 1. The molecule has 3 aromatic rings. The van der Waals surface area contributed by atoms with Crippen LogP contribution in [0.2, 0.25) is 0 Å². The van der Waals surface area contributed by atoms with Gasteiger partial charge in [-0.15, -0.1) is 0 Å². The zero-order valence-electron chi connectivity index (χ0n) is 13.7. The molecule has 3 rings (SSSR count). The minimum absolute atomic E-state index is 0.205. The Morgan fingerprint density at radius 1 is 1.08 bits per heavy atom. The van der Waals surface area contributed by atoms with Crippen molar-refractivity contribution in [3.63, 3.8) is 0 Å². The van der Waals surface area contributed by atoms with Crippen LogP contribution in [0.4, 0.5) is 5.69 Å². The van der Waals surface area contributed by atoms with Crippen molar-refractivity contribution in [1.82, 2.24) is 5.32 Å². The number of rotatable bonds is 3. The fourth-order valence-corrected chi connectivity index (χ4v) is 2.80. The van der Waals surface area contributed by atoms with Gasteiger partial charge in [0.2, 0.25) is 0 Å². The van der Waals surface area contributed by atoms with Crippen LogP contribution in [-0.4, -0.2) is 16.1 Å². The van der Waals surface area contributed by atoms with Crippen LogP contribution < -0.4 is 10.6 Å². The molecule has 1 amide bonds. The molecule has 0 fully saturated rings. The van der Waals surface area contributed by atoms with Crippen molar-refractivity contribution in [2.24, 2.45) is 0 Å². The first-order valence-electron chi connectivity index (χ1n) is 8.00. The molecule has 0 spiro atoms. The zero-order chi connectivity index (χ0) is 17.8. The fourth-order valence-electron chi connectivity index (χ4n) is 2.60. The number of amides is 1. The maximum absolute atomic E-state index is 12.3. The molecule has 126 valence electrons. The van der Waals surface area contributed by atoms with Crippen LogP contribution in [0.15, 0.2) is 60.7 Å². The molecule has 0 saturated carbocycles. The summed E-state index contributed by atoms with van der Waals surface area (Å²) in [6.45, 7) is 2.07. The van der Waals surface area contributed by atoms with Gasteiger partial charge in [0, 0.05) is 16.6 Å². The van der Waals surface area contributed by atoms with Crippen LogP contribution in [-0.2, 0) is 6.42 Å². The van der Waals surface area contributed by atoms with Crippen molar-refractivity contribution < 1.29 is 9.90 Å². The number of hydrogen-bond donors (Lipinski definition) is 3. The third-order valence-corrected chi connectivity index (χ3v) is 4.17. The number of nitrogens with one attached hydrogen (secondary N) is 2. The van der Waals surface area contributed by atoms with Gasteiger partial charge in [-0.25, -0.2) is 0 Å². The second-order valence-corrected chi connectivity index (χ2v) is 6.08. The van der Waals surface area contributed by atoms with E-state index in [1.54, 1.807) is 30.3 Å². The topological polar surface area (TPSA) is 61.4 Å². The van der Waals surface area contributed by atoms with Crippen molar-refractivity contribution in [2.75, 3.05) is 5.32 Å². The second kappa shape index (κ2) is 7.32. The Morgan fingerprint density at radius 2 is 1.84 bits per heavy atom. The number of carbonyl (C=O) groups excluding carboxylic acids is 1. The van der Waals surface area contributed by atoms with E-state index < -0.39 is 0 Å². The highest BCUT2D eigenvalue weighted by Gasteiger charge is 2.09. The summed E-state index contributed by atoms with van der Waals surface area (Å²) in [5.41, 5.74) is 2.50. The number of thiocarbonyl (C=S) groups is 1. The average Bonchev–Trinajstić information content (AvgIpc) is 2.61. The Kier molecular flexibility index (Phi) is 4.95. The molecule has 5 heteroatoms. The fraction of sp³-hybridized carbons (Fsp3) is 0.100. The predicted octanol–water partition coefficient (Wildman–Crippen LogP) is 4.23. The molecule has 25 heavy (non-hydrogen) atoms. The van der Waals surface area contributed by atoms with E-state index in [4.69, 9.17) is 12.2 Å². The van der Waals surface area contributed by atoms with E-state index in [-0.39, 0.29) is 16.8 Å². The molecular formula is C20H18N2O2S. The maximum atomic E-state index is 12.3. The van der Waals surface area contributed by atoms with Crippen molar-refractivity contribution in [3.05, 3.63) is 71.8 Å².